The highest BCUT2D eigenvalue weighted by molar-refractivity contribution is 14.1. The minimum atomic E-state index is -1.18. The normalized spacial score (nSPS) is 12.1. The second-order valence-electron chi connectivity index (χ2n) is 5.77. The summed E-state index contributed by atoms with van der Waals surface area (Å²) in [5.74, 6) is -2.10. The number of H-pyrrole nitrogens is 1. The molecule has 4 N–H and O–H groups in total. The number of rotatable bonds is 5. The summed E-state index contributed by atoms with van der Waals surface area (Å²) >= 11 is 1.94. The quantitative estimate of drug-likeness (QED) is 0.433. The van der Waals surface area contributed by atoms with E-state index in [1.54, 1.807) is 12.1 Å². The molecule has 0 fully saturated rings. The van der Waals surface area contributed by atoms with Gasteiger partial charge in [0.1, 0.15) is 23.3 Å². The van der Waals surface area contributed by atoms with E-state index < -0.39 is 23.7 Å². The number of phenolic OH excluding ortho intramolecular Hbond substituents is 1. The van der Waals surface area contributed by atoms with E-state index in [-0.39, 0.29) is 17.9 Å². The van der Waals surface area contributed by atoms with Crippen LogP contribution in [-0.2, 0) is 11.2 Å². The Balaban J connectivity index is 1.78. The summed E-state index contributed by atoms with van der Waals surface area (Å²) in [7, 11) is 0. The lowest BCUT2D eigenvalue weighted by molar-refractivity contribution is -0.139. The summed E-state index contributed by atoms with van der Waals surface area (Å²) < 4.78 is 13.8. The van der Waals surface area contributed by atoms with Gasteiger partial charge >= 0.3 is 5.97 Å². The number of halogens is 2. The summed E-state index contributed by atoms with van der Waals surface area (Å²) in [5, 5.41) is 22.1. The fraction of sp³-hybridized carbons (Fsp3) is 0.111. The lowest BCUT2D eigenvalue weighted by atomic mass is 10.1. The van der Waals surface area contributed by atoms with Gasteiger partial charge in [-0.25, -0.2) is 9.18 Å². The number of phenols is 1. The molecule has 0 saturated carbocycles. The first-order valence-corrected chi connectivity index (χ1v) is 8.70. The highest BCUT2D eigenvalue weighted by Crippen LogP contribution is 2.21. The number of aliphatic carboxylic acids is 1. The predicted molar refractivity (Wildman–Crippen MR) is 102 cm³/mol. The van der Waals surface area contributed by atoms with Crippen LogP contribution in [0, 0.1) is 9.39 Å². The number of aromatic amines is 1. The van der Waals surface area contributed by atoms with Crippen molar-refractivity contribution in [1.29, 1.82) is 0 Å². The molecule has 1 amide bonds. The Morgan fingerprint density at radius 2 is 1.96 bits per heavy atom. The summed E-state index contributed by atoms with van der Waals surface area (Å²) in [6.07, 6.45) is 0.0617. The molecule has 2 aromatic carbocycles. The molecule has 6 nitrogen and oxygen atoms in total. The molecule has 8 heteroatoms. The Hall–Kier alpha value is -2.62. The van der Waals surface area contributed by atoms with Crippen molar-refractivity contribution >= 4 is 45.4 Å². The molecule has 0 saturated heterocycles. The van der Waals surface area contributed by atoms with Crippen LogP contribution in [0.2, 0.25) is 0 Å². The highest BCUT2D eigenvalue weighted by Gasteiger charge is 2.22. The third-order valence-electron chi connectivity index (χ3n) is 3.88. The number of hydrogen-bond acceptors (Lipinski definition) is 3. The van der Waals surface area contributed by atoms with Gasteiger partial charge in [-0.3, -0.25) is 4.79 Å². The zero-order chi connectivity index (χ0) is 18.8. The Morgan fingerprint density at radius 1 is 1.19 bits per heavy atom. The second-order valence-corrected chi connectivity index (χ2v) is 6.93. The van der Waals surface area contributed by atoms with Crippen molar-refractivity contribution < 1.29 is 24.2 Å². The van der Waals surface area contributed by atoms with Gasteiger partial charge in [0.25, 0.3) is 5.91 Å². The Labute approximate surface area is 161 Å². The first-order chi connectivity index (χ1) is 12.3. The largest absolute Gasteiger partial charge is 0.507 e. The number of carboxylic acid groups (broad SMARTS) is 1. The van der Waals surface area contributed by atoms with Crippen LogP contribution in [0.15, 0.2) is 42.5 Å². The summed E-state index contributed by atoms with van der Waals surface area (Å²) in [5.41, 5.74) is 1.27. The van der Waals surface area contributed by atoms with Crippen LogP contribution in [0.5, 0.6) is 5.75 Å². The lowest BCUT2D eigenvalue weighted by Crippen LogP contribution is -2.42. The van der Waals surface area contributed by atoms with Crippen molar-refractivity contribution in [2.45, 2.75) is 12.5 Å². The van der Waals surface area contributed by atoms with E-state index in [4.69, 9.17) is 0 Å². The van der Waals surface area contributed by atoms with Gasteiger partial charge < -0.3 is 20.5 Å². The molecule has 1 atom stereocenters. The molecule has 0 spiro atoms. The maximum Gasteiger partial charge on any atom is 0.326 e. The van der Waals surface area contributed by atoms with Crippen molar-refractivity contribution in [3.63, 3.8) is 0 Å². The zero-order valence-corrected chi connectivity index (χ0v) is 15.5. The molecule has 0 aliphatic heterocycles. The van der Waals surface area contributed by atoms with Crippen LogP contribution in [0.3, 0.4) is 0 Å². The maximum atomic E-state index is 13.2. The molecule has 134 valence electrons. The van der Waals surface area contributed by atoms with Gasteiger partial charge in [0, 0.05) is 17.3 Å². The smallest absolute Gasteiger partial charge is 0.326 e. The van der Waals surface area contributed by atoms with Crippen molar-refractivity contribution in [1.82, 2.24) is 10.3 Å². The van der Waals surface area contributed by atoms with Gasteiger partial charge in [-0.05, 0) is 64.6 Å². The average Bonchev–Trinajstić information content (AvgIpc) is 3.00. The second kappa shape index (κ2) is 7.32. The first-order valence-electron chi connectivity index (χ1n) is 7.63. The summed E-state index contributed by atoms with van der Waals surface area (Å²) in [4.78, 5) is 26.7. The number of aromatic nitrogens is 1. The van der Waals surface area contributed by atoms with Crippen LogP contribution in [-0.4, -0.2) is 33.1 Å². The van der Waals surface area contributed by atoms with Gasteiger partial charge in [0.05, 0.1) is 3.57 Å². The number of carbonyl (C=O) groups excluding carboxylic acids is 1. The molecule has 0 radical (unpaired) electrons. The Kier molecular flexibility index (Phi) is 5.12. The molecule has 26 heavy (non-hydrogen) atoms. The fourth-order valence-electron chi connectivity index (χ4n) is 2.57. The summed E-state index contributed by atoms with van der Waals surface area (Å²) in [6, 6.07) is 9.20. The summed E-state index contributed by atoms with van der Waals surface area (Å²) in [6.45, 7) is 0. The molecule has 1 heterocycles. The first kappa shape index (κ1) is 18.2. The number of nitrogens with one attached hydrogen (secondary N) is 2. The standard InChI is InChI=1S/C18H14FIN2O4/c19-11-3-2-10-7-14(21-13(10)8-11)17(24)22-15(18(25)26)6-9-1-4-16(23)12(20)5-9/h1-5,7-8,15,21,23H,6H2,(H,22,24)(H,25,26)/t15-/m0/s1. The van der Waals surface area contributed by atoms with E-state index in [1.165, 1.54) is 30.3 Å². The maximum absolute atomic E-state index is 13.2. The van der Waals surface area contributed by atoms with Gasteiger partial charge in [-0.2, -0.15) is 0 Å². The predicted octanol–water partition coefficient (Wildman–Crippen LogP) is 3.04. The SMILES string of the molecule is O=C(N[C@@H](Cc1ccc(O)c(I)c1)C(=O)O)c1cc2ccc(F)cc2[nH]1. The monoisotopic (exact) mass is 468 g/mol. The molecule has 0 aliphatic rings. The van der Waals surface area contributed by atoms with Crippen LogP contribution >= 0.6 is 22.6 Å². The van der Waals surface area contributed by atoms with Gasteiger partial charge in [0.15, 0.2) is 0 Å². The van der Waals surface area contributed by atoms with E-state index in [9.17, 15) is 24.2 Å². The number of carbonyl (C=O) groups is 2. The minimum absolute atomic E-state index is 0.0617. The molecule has 3 aromatic rings. The van der Waals surface area contributed by atoms with Crippen LogP contribution in [0.1, 0.15) is 16.1 Å². The zero-order valence-electron chi connectivity index (χ0n) is 13.3. The number of aromatic hydroxyl groups is 1. The van der Waals surface area contributed by atoms with Crippen molar-refractivity contribution in [3.05, 3.63) is 63.1 Å². The minimum Gasteiger partial charge on any atom is -0.507 e. The van der Waals surface area contributed by atoms with E-state index in [1.807, 2.05) is 22.6 Å². The number of carboxylic acids is 1. The van der Waals surface area contributed by atoms with E-state index in [0.29, 0.717) is 20.0 Å². The van der Waals surface area contributed by atoms with Crippen molar-refractivity contribution in [2.75, 3.05) is 0 Å². The molecule has 0 bridgehead atoms. The Morgan fingerprint density at radius 3 is 2.65 bits per heavy atom. The van der Waals surface area contributed by atoms with E-state index in [0.717, 1.165) is 0 Å². The molecular formula is C18H14FIN2O4. The van der Waals surface area contributed by atoms with E-state index in [2.05, 4.69) is 10.3 Å². The number of benzene rings is 2. The number of amides is 1. The van der Waals surface area contributed by atoms with Crippen LogP contribution in [0.25, 0.3) is 10.9 Å². The van der Waals surface area contributed by atoms with Crippen LogP contribution in [0.4, 0.5) is 4.39 Å². The van der Waals surface area contributed by atoms with Gasteiger partial charge in [0.2, 0.25) is 0 Å². The third-order valence-corrected chi connectivity index (χ3v) is 4.75. The highest BCUT2D eigenvalue weighted by atomic mass is 127. The van der Waals surface area contributed by atoms with Crippen molar-refractivity contribution in [2.24, 2.45) is 0 Å². The van der Waals surface area contributed by atoms with Crippen LogP contribution < -0.4 is 5.32 Å². The van der Waals surface area contributed by atoms with Gasteiger partial charge in [-0.1, -0.05) is 6.07 Å². The van der Waals surface area contributed by atoms with Gasteiger partial charge in [-0.15, -0.1) is 0 Å². The molecule has 3 rings (SSSR count). The molecule has 0 unspecified atom stereocenters. The third kappa shape index (κ3) is 3.96. The van der Waals surface area contributed by atoms with Crippen molar-refractivity contribution in [3.8, 4) is 5.75 Å². The molecule has 1 aromatic heterocycles. The number of fused-ring (bicyclic) bond motifs is 1. The molecular weight excluding hydrogens is 454 g/mol. The number of hydrogen-bond donors (Lipinski definition) is 4. The Bertz CT molecular complexity index is 1000. The topological polar surface area (TPSA) is 102 Å². The fourth-order valence-corrected chi connectivity index (χ4v) is 3.15. The average molecular weight is 468 g/mol. The van der Waals surface area contributed by atoms with E-state index >= 15 is 0 Å². The molecule has 0 aliphatic carbocycles. The lowest BCUT2D eigenvalue weighted by Gasteiger charge is -2.14.